The number of benzene rings is 1. The molecule has 1 aromatic carbocycles. The molecule has 2 rings (SSSR count). The average molecular weight is 261 g/mol. The molecule has 5 nitrogen and oxygen atoms in total. The average Bonchev–Trinajstić information content (AvgIpc) is 2.46. The second-order valence-electron chi connectivity index (χ2n) is 3.86. The number of aromatic amines is 1. The molecule has 2 aromatic rings. The second kappa shape index (κ2) is 5.48. The highest BCUT2D eigenvalue weighted by molar-refractivity contribution is 5.70. The quantitative estimate of drug-likeness (QED) is 0.915. The number of ether oxygens (including phenoxy) is 3. The van der Waals surface area contributed by atoms with Crippen molar-refractivity contribution in [3.63, 3.8) is 0 Å². The van der Waals surface area contributed by atoms with Crippen molar-refractivity contribution in [3.05, 3.63) is 40.8 Å². The molecule has 0 bridgehead atoms. The molecule has 0 saturated carbocycles. The summed E-state index contributed by atoms with van der Waals surface area (Å²) in [5.41, 5.74) is 1.58. The fraction of sp³-hybridized carbons (Fsp3) is 0.214. The van der Waals surface area contributed by atoms with E-state index in [2.05, 4.69) is 4.98 Å². The standard InChI is InChI=1S/C14H15NO4/c1-17-11-6-10(7-12(18-2)14(11)19-3)9-4-5-13(16)15-8-9/h4-8H,1-3H3,(H,15,16). The van der Waals surface area contributed by atoms with Crippen LogP contribution in [0.15, 0.2) is 35.3 Å². The zero-order valence-electron chi connectivity index (χ0n) is 11.0. The molecule has 1 N–H and O–H groups in total. The fourth-order valence-corrected chi connectivity index (χ4v) is 1.84. The summed E-state index contributed by atoms with van der Waals surface area (Å²) < 4.78 is 15.8. The molecule has 0 radical (unpaired) electrons. The fourth-order valence-electron chi connectivity index (χ4n) is 1.84. The van der Waals surface area contributed by atoms with Gasteiger partial charge in [0.25, 0.3) is 0 Å². The Morgan fingerprint density at radius 2 is 1.53 bits per heavy atom. The van der Waals surface area contributed by atoms with E-state index in [0.29, 0.717) is 17.2 Å². The number of hydrogen-bond acceptors (Lipinski definition) is 4. The number of hydrogen-bond donors (Lipinski definition) is 1. The Hall–Kier alpha value is -2.43. The third-order valence-corrected chi connectivity index (χ3v) is 2.78. The molecule has 5 heteroatoms. The van der Waals surface area contributed by atoms with E-state index < -0.39 is 0 Å². The first-order valence-corrected chi connectivity index (χ1v) is 5.68. The Balaban J connectivity index is 2.58. The molecule has 1 aromatic heterocycles. The van der Waals surface area contributed by atoms with Crippen LogP contribution in [0.5, 0.6) is 17.2 Å². The van der Waals surface area contributed by atoms with Gasteiger partial charge in [0.15, 0.2) is 11.5 Å². The van der Waals surface area contributed by atoms with Gasteiger partial charge in [-0.1, -0.05) is 0 Å². The second-order valence-corrected chi connectivity index (χ2v) is 3.86. The van der Waals surface area contributed by atoms with Gasteiger partial charge in [-0.15, -0.1) is 0 Å². The third kappa shape index (κ3) is 2.54. The van der Waals surface area contributed by atoms with Gasteiger partial charge in [0.05, 0.1) is 21.3 Å². The minimum atomic E-state index is -0.142. The summed E-state index contributed by atoms with van der Waals surface area (Å²) in [6.45, 7) is 0. The maximum atomic E-state index is 11.1. The molecule has 0 aliphatic rings. The first-order valence-electron chi connectivity index (χ1n) is 5.68. The molecule has 0 spiro atoms. The topological polar surface area (TPSA) is 60.6 Å². The Morgan fingerprint density at radius 3 is 1.95 bits per heavy atom. The normalized spacial score (nSPS) is 10.1. The lowest BCUT2D eigenvalue weighted by molar-refractivity contribution is 0.324. The molecule has 0 aliphatic heterocycles. The van der Waals surface area contributed by atoms with Gasteiger partial charge in [-0.2, -0.15) is 0 Å². The van der Waals surface area contributed by atoms with Crippen LogP contribution in [-0.2, 0) is 0 Å². The smallest absolute Gasteiger partial charge is 0.247 e. The van der Waals surface area contributed by atoms with E-state index in [1.807, 2.05) is 12.1 Å². The van der Waals surface area contributed by atoms with Crippen molar-refractivity contribution >= 4 is 0 Å². The van der Waals surface area contributed by atoms with E-state index in [4.69, 9.17) is 14.2 Å². The number of rotatable bonds is 4. The molecule has 0 unspecified atom stereocenters. The summed E-state index contributed by atoms with van der Waals surface area (Å²) in [6.07, 6.45) is 1.64. The molecule has 0 saturated heterocycles. The summed E-state index contributed by atoms with van der Waals surface area (Å²) in [7, 11) is 4.68. The zero-order chi connectivity index (χ0) is 13.8. The molecule has 19 heavy (non-hydrogen) atoms. The largest absolute Gasteiger partial charge is 0.493 e. The predicted molar refractivity (Wildman–Crippen MR) is 72.2 cm³/mol. The van der Waals surface area contributed by atoms with Gasteiger partial charge in [-0.25, -0.2) is 0 Å². The van der Waals surface area contributed by atoms with Crippen LogP contribution in [0.1, 0.15) is 0 Å². The van der Waals surface area contributed by atoms with Crippen LogP contribution in [0.3, 0.4) is 0 Å². The Morgan fingerprint density at radius 1 is 0.895 bits per heavy atom. The van der Waals surface area contributed by atoms with Crippen molar-refractivity contribution in [1.29, 1.82) is 0 Å². The molecule has 1 heterocycles. The Kier molecular flexibility index (Phi) is 3.75. The highest BCUT2D eigenvalue weighted by atomic mass is 16.5. The van der Waals surface area contributed by atoms with Crippen LogP contribution in [0.2, 0.25) is 0 Å². The molecule has 0 fully saturated rings. The lowest BCUT2D eigenvalue weighted by Crippen LogP contribution is -2.01. The molecule has 0 amide bonds. The van der Waals surface area contributed by atoms with Gasteiger partial charge < -0.3 is 19.2 Å². The monoisotopic (exact) mass is 261 g/mol. The lowest BCUT2D eigenvalue weighted by Gasteiger charge is -2.14. The van der Waals surface area contributed by atoms with Crippen LogP contribution >= 0.6 is 0 Å². The minimum absolute atomic E-state index is 0.142. The van der Waals surface area contributed by atoms with Crippen molar-refractivity contribution in [2.45, 2.75) is 0 Å². The van der Waals surface area contributed by atoms with Crippen LogP contribution in [0.25, 0.3) is 11.1 Å². The van der Waals surface area contributed by atoms with Crippen LogP contribution < -0.4 is 19.8 Å². The van der Waals surface area contributed by atoms with E-state index in [1.165, 1.54) is 6.07 Å². The third-order valence-electron chi connectivity index (χ3n) is 2.78. The number of pyridine rings is 1. The molecule has 0 aliphatic carbocycles. The van der Waals surface area contributed by atoms with Crippen molar-refractivity contribution < 1.29 is 14.2 Å². The minimum Gasteiger partial charge on any atom is -0.493 e. The number of aromatic nitrogens is 1. The highest BCUT2D eigenvalue weighted by Gasteiger charge is 2.13. The molecule has 0 atom stereocenters. The van der Waals surface area contributed by atoms with Gasteiger partial charge in [-0.3, -0.25) is 4.79 Å². The number of nitrogens with one attached hydrogen (secondary N) is 1. The highest BCUT2D eigenvalue weighted by Crippen LogP contribution is 2.40. The van der Waals surface area contributed by atoms with Crippen molar-refractivity contribution in [2.24, 2.45) is 0 Å². The zero-order valence-corrected chi connectivity index (χ0v) is 11.0. The Bertz CT molecular complexity index is 588. The summed E-state index contributed by atoms with van der Waals surface area (Å²) >= 11 is 0. The van der Waals surface area contributed by atoms with Crippen LogP contribution in [0, 0.1) is 0 Å². The molecular formula is C14H15NO4. The predicted octanol–water partition coefficient (Wildman–Crippen LogP) is 2.07. The summed E-state index contributed by atoms with van der Waals surface area (Å²) in [5.74, 6) is 1.68. The molecule has 100 valence electrons. The van der Waals surface area contributed by atoms with Gasteiger partial charge >= 0.3 is 0 Å². The maximum Gasteiger partial charge on any atom is 0.247 e. The van der Waals surface area contributed by atoms with Crippen LogP contribution in [0.4, 0.5) is 0 Å². The van der Waals surface area contributed by atoms with E-state index >= 15 is 0 Å². The van der Waals surface area contributed by atoms with Gasteiger partial charge in [-0.05, 0) is 29.3 Å². The SMILES string of the molecule is COc1cc(-c2ccc(=O)[nH]c2)cc(OC)c1OC. The first-order chi connectivity index (χ1) is 9.19. The first kappa shape index (κ1) is 13.0. The maximum absolute atomic E-state index is 11.1. The van der Waals surface area contributed by atoms with E-state index in [1.54, 1.807) is 33.6 Å². The van der Waals surface area contributed by atoms with Crippen molar-refractivity contribution in [3.8, 4) is 28.4 Å². The van der Waals surface area contributed by atoms with Gasteiger partial charge in [0.1, 0.15) is 0 Å². The lowest BCUT2D eigenvalue weighted by atomic mass is 10.1. The van der Waals surface area contributed by atoms with E-state index in [-0.39, 0.29) is 5.56 Å². The number of H-pyrrole nitrogens is 1. The van der Waals surface area contributed by atoms with Gasteiger partial charge in [0, 0.05) is 12.3 Å². The number of methoxy groups -OCH3 is 3. The van der Waals surface area contributed by atoms with E-state index in [9.17, 15) is 4.79 Å². The van der Waals surface area contributed by atoms with Crippen LogP contribution in [-0.4, -0.2) is 26.3 Å². The summed E-state index contributed by atoms with van der Waals surface area (Å²) in [5, 5.41) is 0. The van der Waals surface area contributed by atoms with Gasteiger partial charge in [0.2, 0.25) is 11.3 Å². The van der Waals surface area contributed by atoms with Crippen molar-refractivity contribution in [1.82, 2.24) is 4.98 Å². The summed E-state index contributed by atoms with van der Waals surface area (Å²) in [4.78, 5) is 13.7. The summed E-state index contributed by atoms with van der Waals surface area (Å²) in [6, 6.07) is 6.86. The Labute approximate surface area is 110 Å². The van der Waals surface area contributed by atoms with E-state index in [0.717, 1.165) is 11.1 Å². The van der Waals surface area contributed by atoms with Crippen molar-refractivity contribution in [2.75, 3.05) is 21.3 Å². The molecular weight excluding hydrogens is 246 g/mol.